The van der Waals surface area contributed by atoms with Gasteiger partial charge in [0.15, 0.2) is 0 Å². The molecule has 0 saturated carbocycles. The summed E-state index contributed by atoms with van der Waals surface area (Å²) in [5, 5.41) is 0. The Balaban J connectivity index is 2.93. The minimum absolute atomic E-state index is 0.307. The molecule has 0 aliphatic heterocycles. The van der Waals surface area contributed by atoms with Gasteiger partial charge in [0.05, 0.1) is 5.56 Å². The van der Waals surface area contributed by atoms with Crippen LogP contribution in [0.15, 0.2) is 24.3 Å². The molecule has 15 heavy (non-hydrogen) atoms. The zero-order valence-electron chi connectivity index (χ0n) is 7.43. The highest BCUT2D eigenvalue weighted by Crippen LogP contribution is 2.28. The first-order valence-electron chi connectivity index (χ1n) is 3.88. The molecule has 1 rings (SSSR count). The van der Waals surface area contributed by atoms with Crippen LogP contribution in [0.3, 0.4) is 0 Å². The minimum Gasteiger partial charge on any atom is -0.359 e. The molecule has 0 heterocycles. The highest BCUT2D eigenvalue weighted by molar-refractivity contribution is 5.92. The number of rotatable bonds is 0. The first-order chi connectivity index (χ1) is 6.89. The van der Waals surface area contributed by atoms with Crippen LogP contribution in [0.1, 0.15) is 11.1 Å². The van der Waals surface area contributed by atoms with Crippen molar-refractivity contribution in [2.24, 2.45) is 5.73 Å². The topological polar surface area (TPSA) is 43.1 Å². The summed E-state index contributed by atoms with van der Waals surface area (Å²) in [6.45, 7) is 0. The van der Waals surface area contributed by atoms with Crippen LogP contribution in [0.5, 0.6) is 0 Å². The van der Waals surface area contributed by atoms with Gasteiger partial charge in [0.1, 0.15) is 0 Å². The lowest BCUT2D eigenvalue weighted by atomic mass is 10.1. The van der Waals surface area contributed by atoms with Crippen LogP contribution in [0.2, 0.25) is 0 Å². The molecule has 0 saturated heterocycles. The summed E-state index contributed by atoms with van der Waals surface area (Å²) < 4.78 is 36.4. The molecule has 0 bridgehead atoms. The highest BCUT2D eigenvalue weighted by atomic mass is 19.4. The Hall–Kier alpha value is -1.96. The van der Waals surface area contributed by atoms with Crippen molar-refractivity contribution >= 4 is 5.91 Å². The second kappa shape index (κ2) is 4.05. The van der Waals surface area contributed by atoms with E-state index < -0.39 is 17.6 Å². The predicted molar refractivity (Wildman–Crippen MR) is 47.5 cm³/mol. The molecular formula is C10H6F3NO. The van der Waals surface area contributed by atoms with Crippen LogP contribution in [-0.2, 0) is 11.0 Å². The van der Waals surface area contributed by atoms with Gasteiger partial charge >= 0.3 is 6.18 Å². The van der Waals surface area contributed by atoms with Gasteiger partial charge in [0.25, 0.3) is 5.91 Å². The van der Waals surface area contributed by atoms with Crippen molar-refractivity contribution in [3.8, 4) is 11.8 Å². The molecule has 1 aromatic carbocycles. The van der Waals surface area contributed by atoms with E-state index in [1.54, 1.807) is 0 Å². The largest absolute Gasteiger partial charge is 0.416 e. The fourth-order valence-corrected chi connectivity index (χ4v) is 0.876. The Labute approximate surface area is 83.9 Å². The number of hydrogen-bond acceptors (Lipinski definition) is 1. The lowest BCUT2D eigenvalue weighted by Crippen LogP contribution is -2.06. The van der Waals surface area contributed by atoms with E-state index in [0.29, 0.717) is 5.56 Å². The Morgan fingerprint density at radius 2 is 1.73 bits per heavy atom. The average Bonchev–Trinajstić information content (AvgIpc) is 2.14. The normalized spacial score (nSPS) is 10.3. The molecule has 0 unspecified atom stereocenters. The number of halogens is 3. The van der Waals surface area contributed by atoms with Crippen molar-refractivity contribution in [1.29, 1.82) is 0 Å². The van der Waals surface area contributed by atoms with Gasteiger partial charge in [-0.1, -0.05) is 5.92 Å². The first kappa shape index (κ1) is 11.1. The van der Waals surface area contributed by atoms with Gasteiger partial charge in [-0.05, 0) is 30.2 Å². The van der Waals surface area contributed by atoms with Crippen molar-refractivity contribution in [3.63, 3.8) is 0 Å². The van der Waals surface area contributed by atoms with Gasteiger partial charge in [-0.15, -0.1) is 0 Å². The quantitative estimate of drug-likeness (QED) is 0.652. The van der Waals surface area contributed by atoms with E-state index in [1.807, 2.05) is 5.92 Å². The molecule has 5 heteroatoms. The Kier molecular flexibility index (Phi) is 3.00. The van der Waals surface area contributed by atoms with Crippen molar-refractivity contribution in [2.45, 2.75) is 6.18 Å². The summed E-state index contributed by atoms with van der Waals surface area (Å²) in [6, 6.07) is 4.15. The van der Waals surface area contributed by atoms with Gasteiger partial charge < -0.3 is 5.73 Å². The number of benzene rings is 1. The molecule has 78 valence electrons. The molecule has 2 nitrogen and oxygen atoms in total. The average molecular weight is 213 g/mol. The van der Waals surface area contributed by atoms with E-state index in [0.717, 1.165) is 12.1 Å². The van der Waals surface area contributed by atoms with Crippen molar-refractivity contribution in [2.75, 3.05) is 0 Å². The van der Waals surface area contributed by atoms with E-state index in [-0.39, 0.29) is 0 Å². The highest BCUT2D eigenvalue weighted by Gasteiger charge is 2.29. The summed E-state index contributed by atoms with van der Waals surface area (Å²) in [6.07, 6.45) is -4.37. The van der Waals surface area contributed by atoms with E-state index in [1.165, 1.54) is 12.1 Å². The number of alkyl halides is 3. The predicted octanol–water partition coefficient (Wildman–Crippen LogP) is 1.54. The Morgan fingerprint density at radius 3 is 2.13 bits per heavy atom. The molecule has 0 spiro atoms. The molecule has 0 radical (unpaired) electrons. The van der Waals surface area contributed by atoms with E-state index in [9.17, 15) is 18.0 Å². The summed E-state index contributed by atoms with van der Waals surface area (Å²) in [7, 11) is 0. The van der Waals surface area contributed by atoms with Crippen molar-refractivity contribution < 1.29 is 18.0 Å². The summed E-state index contributed by atoms with van der Waals surface area (Å²) in [4.78, 5) is 10.3. The number of primary amides is 1. The molecule has 1 aromatic rings. The fourth-order valence-electron chi connectivity index (χ4n) is 0.876. The second-order valence-electron chi connectivity index (χ2n) is 2.69. The van der Waals surface area contributed by atoms with Gasteiger partial charge in [0.2, 0.25) is 0 Å². The van der Waals surface area contributed by atoms with Crippen LogP contribution in [0, 0.1) is 11.8 Å². The maximum Gasteiger partial charge on any atom is 0.416 e. The zero-order valence-corrected chi connectivity index (χ0v) is 7.43. The molecule has 2 N–H and O–H groups in total. The van der Waals surface area contributed by atoms with Gasteiger partial charge in [-0.2, -0.15) is 13.2 Å². The molecule has 0 aromatic heterocycles. The maximum absolute atomic E-state index is 12.1. The molecule has 0 aliphatic rings. The summed E-state index contributed by atoms with van der Waals surface area (Å²) in [5.74, 6) is 3.53. The lowest BCUT2D eigenvalue weighted by molar-refractivity contribution is -0.137. The van der Waals surface area contributed by atoms with E-state index in [2.05, 4.69) is 5.92 Å². The Morgan fingerprint density at radius 1 is 1.20 bits per heavy atom. The number of hydrogen-bond donors (Lipinski definition) is 1. The molecule has 0 atom stereocenters. The molecule has 1 amide bonds. The van der Waals surface area contributed by atoms with Crippen molar-refractivity contribution in [1.82, 2.24) is 0 Å². The van der Waals surface area contributed by atoms with E-state index in [4.69, 9.17) is 5.73 Å². The third-order valence-corrected chi connectivity index (χ3v) is 1.54. The van der Waals surface area contributed by atoms with Gasteiger partial charge in [-0.25, -0.2) is 0 Å². The van der Waals surface area contributed by atoms with Crippen LogP contribution in [0.4, 0.5) is 13.2 Å². The van der Waals surface area contributed by atoms with Crippen LogP contribution in [0.25, 0.3) is 0 Å². The van der Waals surface area contributed by atoms with Gasteiger partial charge in [0, 0.05) is 5.56 Å². The Bertz CT molecular complexity index is 423. The monoisotopic (exact) mass is 213 g/mol. The second-order valence-corrected chi connectivity index (χ2v) is 2.69. The third kappa shape index (κ3) is 3.35. The fraction of sp³-hybridized carbons (Fsp3) is 0.100. The number of carbonyl (C=O) groups excluding carboxylic acids is 1. The summed E-state index contributed by atoms with van der Waals surface area (Å²) in [5.41, 5.74) is 4.30. The maximum atomic E-state index is 12.1. The SMILES string of the molecule is NC(=O)C#Cc1ccc(C(F)(F)F)cc1. The smallest absolute Gasteiger partial charge is 0.359 e. The number of carbonyl (C=O) groups is 1. The lowest BCUT2D eigenvalue weighted by Gasteiger charge is -2.05. The zero-order chi connectivity index (χ0) is 11.5. The molecule has 0 fully saturated rings. The number of amides is 1. The summed E-state index contributed by atoms with van der Waals surface area (Å²) >= 11 is 0. The standard InChI is InChI=1S/C10H6F3NO/c11-10(12,13)8-4-1-7(2-5-8)3-6-9(14)15/h1-2,4-5H,(H2,14,15). The van der Waals surface area contributed by atoms with Gasteiger partial charge in [-0.3, -0.25) is 4.79 Å². The number of nitrogens with two attached hydrogens (primary N) is 1. The molecule has 0 aliphatic carbocycles. The van der Waals surface area contributed by atoms with Crippen LogP contribution < -0.4 is 5.73 Å². The van der Waals surface area contributed by atoms with Crippen LogP contribution >= 0.6 is 0 Å². The first-order valence-corrected chi connectivity index (χ1v) is 3.88. The van der Waals surface area contributed by atoms with Crippen molar-refractivity contribution in [3.05, 3.63) is 35.4 Å². The minimum atomic E-state index is -4.37. The molecular weight excluding hydrogens is 207 g/mol. The van der Waals surface area contributed by atoms with E-state index >= 15 is 0 Å². The van der Waals surface area contributed by atoms with Crippen LogP contribution in [-0.4, -0.2) is 5.91 Å². The third-order valence-electron chi connectivity index (χ3n) is 1.54.